The molecule has 2 aromatic carbocycles. The summed E-state index contributed by atoms with van der Waals surface area (Å²) in [6.45, 7) is 0.316. The van der Waals surface area contributed by atoms with Crippen molar-refractivity contribution in [1.29, 1.82) is 0 Å². The van der Waals surface area contributed by atoms with E-state index in [4.69, 9.17) is 16.3 Å². The zero-order valence-electron chi connectivity index (χ0n) is 11.3. The predicted molar refractivity (Wildman–Crippen MR) is 80.0 cm³/mol. The second-order valence-corrected chi connectivity index (χ2v) is 5.17. The minimum Gasteiger partial charge on any atom is -0.497 e. The van der Waals surface area contributed by atoms with Crippen molar-refractivity contribution < 1.29 is 14.3 Å². The number of carbonyl (C=O) groups excluding carboxylic acids is 2. The van der Waals surface area contributed by atoms with E-state index in [-0.39, 0.29) is 0 Å². The van der Waals surface area contributed by atoms with Gasteiger partial charge >= 0.3 is 0 Å². The Morgan fingerprint density at radius 2 is 1.95 bits per heavy atom. The number of halogens is 1. The lowest BCUT2D eigenvalue weighted by atomic mass is 10.1. The van der Waals surface area contributed by atoms with Crippen LogP contribution in [0.15, 0.2) is 42.5 Å². The summed E-state index contributed by atoms with van der Waals surface area (Å²) in [6, 6.07) is 12.3. The summed E-state index contributed by atoms with van der Waals surface area (Å²) in [6.07, 6.45) is 0. The molecule has 0 spiro atoms. The van der Waals surface area contributed by atoms with Crippen LogP contribution in [-0.2, 0) is 11.3 Å². The van der Waals surface area contributed by atoms with Crippen molar-refractivity contribution >= 4 is 29.0 Å². The van der Waals surface area contributed by atoms with Gasteiger partial charge in [-0.2, -0.15) is 0 Å². The molecule has 1 aliphatic heterocycles. The maximum absolute atomic E-state index is 12.1. The maximum Gasteiger partial charge on any atom is 0.299 e. The van der Waals surface area contributed by atoms with E-state index in [1.807, 2.05) is 24.3 Å². The molecule has 0 radical (unpaired) electrons. The lowest BCUT2D eigenvalue weighted by Crippen LogP contribution is -2.29. The number of anilines is 1. The van der Waals surface area contributed by atoms with Crippen molar-refractivity contribution in [2.75, 3.05) is 12.0 Å². The quantitative estimate of drug-likeness (QED) is 0.819. The Hall–Kier alpha value is -2.33. The van der Waals surface area contributed by atoms with Crippen LogP contribution >= 0.6 is 11.6 Å². The summed E-state index contributed by atoms with van der Waals surface area (Å²) in [5.41, 5.74) is 1.84. The highest BCUT2D eigenvalue weighted by Gasteiger charge is 2.35. The zero-order valence-corrected chi connectivity index (χ0v) is 12.1. The largest absolute Gasteiger partial charge is 0.497 e. The molecule has 0 atom stereocenters. The third-order valence-corrected chi connectivity index (χ3v) is 3.64. The average Bonchev–Trinajstić information content (AvgIpc) is 2.72. The smallest absolute Gasteiger partial charge is 0.299 e. The second kappa shape index (κ2) is 5.22. The molecular weight excluding hydrogens is 290 g/mol. The van der Waals surface area contributed by atoms with Crippen molar-refractivity contribution in [1.82, 2.24) is 0 Å². The normalized spacial score (nSPS) is 13.5. The van der Waals surface area contributed by atoms with Crippen molar-refractivity contribution in [3.8, 4) is 5.75 Å². The number of Topliss-reactive ketones (excluding diaryl/α,β-unsaturated/α-hetero) is 1. The predicted octanol–water partition coefficient (Wildman–Crippen LogP) is 3.08. The molecule has 0 unspecified atom stereocenters. The van der Waals surface area contributed by atoms with Gasteiger partial charge in [0.05, 0.1) is 24.9 Å². The molecule has 0 N–H and O–H groups in total. The molecule has 1 heterocycles. The molecule has 0 aliphatic carbocycles. The van der Waals surface area contributed by atoms with E-state index in [0.717, 1.165) is 5.56 Å². The number of fused-ring (bicyclic) bond motifs is 1. The number of ether oxygens (including phenoxy) is 1. The third-order valence-electron chi connectivity index (χ3n) is 3.41. The SMILES string of the molecule is COc1cccc(CN2C(=O)C(=O)c3cc(Cl)ccc32)c1. The van der Waals surface area contributed by atoms with Crippen molar-refractivity contribution in [2.24, 2.45) is 0 Å². The Morgan fingerprint density at radius 1 is 1.14 bits per heavy atom. The number of carbonyl (C=O) groups is 2. The summed E-state index contributed by atoms with van der Waals surface area (Å²) in [5.74, 6) is -0.340. The molecule has 0 saturated heterocycles. The van der Waals surface area contributed by atoms with E-state index in [1.54, 1.807) is 19.2 Å². The first-order valence-electron chi connectivity index (χ1n) is 6.39. The third kappa shape index (κ3) is 2.38. The lowest BCUT2D eigenvalue weighted by molar-refractivity contribution is -0.114. The van der Waals surface area contributed by atoms with E-state index < -0.39 is 11.7 Å². The van der Waals surface area contributed by atoms with Gasteiger partial charge in [0.1, 0.15) is 5.75 Å². The molecule has 1 aliphatic rings. The number of methoxy groups -OCH3 is 1. The second-order valence-electron chi connectivity index (χ2n) is 4.73. The molecule has 21 heavy (non-hydrogen) atoms. The maximum atomic E-state index is 12.1. The molecule has 1 amide bonds. The molecule has 0 bridgehead atoms. The van der Waals surface area contributed by atoms with Crippen molar-refractivity contribution in [3.63, 3.8) is 0 Å². The monoisotopic (exact) mass is 301 g/mol. The van der Waals surface area contributed by atoms with Crippen molar-refractivity contribution in [3.05, 3.63) is 58.6 Å². The van der Waals surface area contributed by atoms with Gasteiger partial charge in [0.15, 0.2) is 0 Å². The fourth-order valence-corrected chi connectivity index (χ4v) is 2.56. The Bertz CT molecular complexity index is 742. The van der Waals surface area contributed by atoms with Gasteiger partial charge in [-0.15, -0.1) is 0 Å². The van der Waals surface area contributed by atoms with E-state index >= 15 is 0 Å². The van der Waals surface area contributed by atoms with E-state index in [9.17, 15) is 9.59 Å². The van der Waals surface area contributed by atoms with Gasteiger partial charge in [0.2, 0.25) is 0 Å². The first kappa shape index (κ1) is 13.6. The number of benzene rings is 2. The Balaban J connectivity index is 1.96. The molecule has 0 saturated carbocycles. The summed E-state index contributed by atoms with van der Waals surface area (Å²) < 4.78 is 5.16. The van der Waals surface area contributed by atoms with Crippen molar-refractivity contribution in [2.45, 2.75) is 6.54 Å². The molecule has 106 valence electrons. The molecule has 2 aromatic rings. The molecule has 5 heteroatoms. The fourth-order valence-electron chi connectivity index (χ4n) is 2.38. The highest BCUT2D eigenvalue weighted by molar-refractivity contribution is 6.52. The van der Waals surface area contributed by atoms with E-state index in [2.05, 4.69) is 0 Å². The van der Waals surface area contributed by atoms with Gasteiger partial charge in [0.25, 0.3) is 11.7 Å². The first-order valence-corrected chi connectivity index (χ1v) is 6.76. The molecular formula is C16H12ClNO3. The van der Waals surface area contributed by atoms with Crippen LogP contribution in [0.25, 0.3) is 0 Å². The Morgan fingerprint density at radius 3 is 2.71 bits per heavy atom. The molecule has 4 nitrogen and oxygen atoms in total. The van der Waals surface area contributed by atoms with Gasteiger partial charge < -0.3 is 9.64 Å². The number of rotatable bonds is 3. The zero-order chi connectivity index (χ0) is 15.0. The van der Waals surface area contributed by atoms with Crippen LogP contribution in [0.3, 0.4) is 0 Å². The number of amides is 1. The van der Waals surface area contributed by atoms with Gasteiger partial charge in [0, 0.05) is 5.02 Å². The highest BCUT2D eigenvalue weighted by atomic mass is 35.5. The molecule has 0 fully saturated rings. The average molecular weight is 302 g/mol. The van der Waals surface area contributed by atoms with Crippen LogP contribution in [0.2, 0.25) is 5.02 Å². The van der Waals surface area contributed by atoms with Crippen LogP contribution in [0.5, 0.6) is 5.75 Å². The van der Waals surface area contributed by atoms with Crippen LogP contribution < -0.4 is 9.64 Å². The minimum absolute atomic E-state index is 0.316. The van der Waals surface area contributed by atoms with Crippen LogP contribution in [0, 0.1) is 0 Å². The van der Waals surface area contributed by atoms with E-state index in [0.29, 0.717) is 28.6 Å². The first-order chi connectivity index (χ1) is 10.1. The van der Waals surface area contributed by atoms with Gasteiger partial charge in [-0.25, -0.2) is 0 Å². The molecule has 3 rings (SSSR count). The number of ketones is 1. The highest BCUT2D eigenvalue weighted by Crippen LogP contribution is 2.32. The van der Waals surface area contributed by atoms with Crippen LogP contribution in [0.4, 0.5) is 5.69 Å². The molecule has 0 aromatic heterocycles. The summed E-state index contributed by atoms with van der Waals surface area (Å²) >= 11 is 5.89. The summed E-state index contributed by atoms with van der Waals surface area (Å²) in [7, 11) is 1.58. The fraction of sp³-hybridized carbons (Fsp3) is 0.125. The minimum atomic E-state index is -0.532. The summed E-state index contributed by atoms with van der Waals surface area (Å²) in [4.78, 5) is 25.6. The van der Waals surface area contributed by atoms with E-state index in [1.165, 1.54) is 11.0 Å². The number of hydrogen-bond donors (Lipinski definition) is 0. The van der Waals surface area contributed by atoms with Crippen LogP contribution in [-0.4, -0.2) is 18.8 Å². The number of nitrogens with zero attached hydrogens (tertiary/aromatic N) is 1. The van der Waals surface area contributed by atoms with Gasteiger partial charge in [-0.3, -0.25) is 9.59 Å². The Kier molecular flexibility index (Phi) is 3.39. The Labute approximate surface area is 126 Å². The van der Waals surface area contributed by atoms with Gasteiger partial charge in [-0.05, 0) is 35.9 Å². The van der Waals surface area contributed by atoms with Gasteiger partial charge in [-0.1, -0.05) is 23.7 Å². The lowest BCUT2D eigenvalue weighted by Gasteiger charge is -2.17. The topological polar surface area (TPSA) is 46.6 Å². The van der Waals surface area contributed by atoms with Crippen LogP contribution in [0.1, 0.15) is 15.9 Å². The number of hydrogen-bond acceptors (Lipinski definition) is 3. The summed E-state index contributed by atoms with van der Waals surface area (Å²) in [5, 5.41) is 0.443. The standard InChI is InChI=1S/C16H12ClNO3/c1-21-12-4-2-3-10(7-12)9-18-14-6-5-11(17)8-13(14)15(19)16(18)20/h2-8H,9H2,1H3.